The van der Waals surface area contributed by atoms with Gasteiger partial charge in [0, 0.05) is 28.0 Å². The van der Waals surface area contributed by atoms with Crippen LogP contribution < -0.4 is 10.1 Å². The molecule has 1 aliphatic rings. The van der Waals surface area contributed by atoms with Gasteiger partial charge >= 0.3 is 0 Å². The minimum atomic E-state index is -0.548. The molecule has 1 aliphatic carbocycles. The Morgan fingerprint density at radius 1 is 1.15 bits per heavy atom. The van der Waals surface area contributed by atoms with Crippen molar-refractivity contribution in [1.82, 2.24) is 25.6 Å². The molecule has 1 fully saturated rings. The largest absolute Gasteiger partial charge is 0.492 e. The maximum atomic E-state index is 13.2. The van der Waals surface area contributed by atoms with E-state index in [4.69, 9.17) is 16.3 Å². The number of halogens is 1. The molecule has 8 nitrogen and oxygen atoms in total. The van der Waals surface area contributed by atoms with Crippen molar-refractivity contribution in [2.45, 2.75) is 25.2 Å². The van der Waals surface area contributed by atoms with Gasteiger partial charge in [0.2, 0.25) is 5.91 Å². The zero-order chi connectivity index (χ0) is 22.8. The molecule has 166 valence electrons. The predicted molar refractivity (Wildman–Crippen MR) is 125 cm³/mol. The Hall–Kier alpha value is -3.78. The molecular weight excluding hydrogens is 440 g/mol. The van der Waals surface area contributed by atoms with Gasteiger partial charge in [-0.05, 0) is 71.7 Å². The molecule has 9 heteroatoms. The second kappa shape index (κ2) is 8.63. The van der Waals surface area contributed by atoms with Crippen LogP contribution in [0.15, 0.2) is 60.9 Å². The van der Waals surface area contributed by atoms with Crippen LogP contribution in [-0.2, 0) is 10.2 Å². The number of carbonyl (C=O) groups is 1. The summed E-state index contributed by atoms with van der Waals surface area (Å²) in [6, 6.07) is 15.0. The number of aromatic amines is 1. The molecule has 1 saturated carbocycles. The van der Waals surface area contributed by atoms with Crippen LogP contribution in [0.4, 0.5) is 5.69 Å². The van der Waals surface area contributed by atoms with E-state index in [1.807, 2.05) is 55.5 Å². The van der Waals surface area contributed by atoms with Crippen LogP contribution in [0.25, 0.3) is 22.5 Å². The molecule has 0 aliphatic heterocycles. The highest BCUT2D eigenvalue weighted by Crippen LogP contribution is 2.49. The summed E-state index contributed by atoms with van der Waals surface area (Å²) in [5, 5.41) is 18.0. The lowest BCUT2D eigenvalue weighted by atomic mass is 9.94. The SMILES string of the molecule is CCOc1cncc(-c2ccc(NC(=O)C3(c4cccc(Cl)c4)CC3)cc2-c2nnn[nH]2)c1. The third-order valence-electron chi connectivity index (χ3n) is 5.77. The quantitative estimate of drug-likeness (QED) is 0.415. The Balaban J connectivity index is 1.48. The number of aromatic nitrogens is 5. The normalized spacial score (nSPS) is 14.0. The lowest BCUT2D eigenvalue weighted by molar-refractivity contribution is -0.118. The lowest BCUT2D eigenvalue weighted by Gasteiger charge is -2.17. The smallest absolute Gasteiger partial charge is 0.235 e. The van der Waals surface area contributed by atoms with Crippen molar-refractivity contribution in [3.05, 3.63) is 71.5 Å². The minimum absolute atomic E-state index is 0.0563. The summed E-state index contributed by atoms with van der Waals surface area (Å²) in [5.74, 6) is 1.10. The van der Waals surface area contributed by atoms with Crippen molar-refractivity contribution in [1.29, 1.82) is 0 Å². The molecule has 1 amide bonds. The van der Waals surface area contributed by atoms with Crippen LogP contribution in [0.2, 0.25) is 5.02 Å². The van der Waals surface area contributed by atoms with E-state index in [0.717, 1.165) is 35.1 Å². The molecule has 2 N–H and O–H groups in total. The van der Waals surface area contributed by atoms with Crippen molar-refractivity contribution in [3.8, 4) is 28.3 Å². The first-order valence-electron chi connectivity index (χ1n) is 10.6. The Morgan fingerprint density at radius 2 is 2.03 bits per heavy atom. The maximum absolute atomic E-state index is 13.2. The Morgan fingerprint density at radius 3 is 2.76 bits per heavy atom. The maximum Gasteiger partial charge on any atom is 0.235 e. The number of amides is 1. The van der Waals surface area contributed by atoms with E-state index in [-0.39, 0.29) is 5.91 Å². The van der Waals surface area contributed by atoms with Crippen molar-refractivity contribution in [2.75, 3.05) is 11.9 Å². The first-order valence-corrected chi connectivity index (χ1v) is 11.0. The molecule has 0 unspecified atom stereocenters. The molecule has 0 saturated heterocycles. The second-order valence-corrected chi connectivity index (χ2v) is 8.34. The molecular formula is C24H21ClN6O2. The summed E-state index contributed by atoms with van der Waals surface area (Å²) in [6.07, 6.45) is 4.99. The molecule has 0 atom stereocenters. The summed E-state index contributed by atoms with van der Waals surface area (Å²) >= 11 is 6.16. The van der Waals surface area contributed by atoms with Crippen LogP contribution in [0.3, 0.4) is 0 Å². The number of hydrogen-bond acceptors (Lipinski definition) is 6. The third kappa shape index (κ3) is 4.17. The highest BCUT2D eigenvalue weighted by molar-refractivity contribution is 6.30. The van der Waals surface area contributed by atoms with E-state index >= 15 is 0 Å². The standard InChI is InChI=1S/C24H21ClN6O2/c1-2-33-19-10-15(13-26-14-19)20-7-6-18(12-21(20)22-28-30-31-29-22)27-23(32)24(8-9-24)16-4-3-5-17(25)11-16/h3-7,10-14H,2,8-9H2,1H3,(H,27,32)(H,28,29,30,31). The number of tetrazole rings is 1. The summed E-state index contributed by atoms with van der Waals surface area (Å²) in [5.41, 5.74) is 3.48. The van der Waals surface area contributed by atoms with Gasteiger partial charge in [0.15, 0.2) is 5.82 Å². The van der Waals surface area contributed by atoms with Gasteiger partial charge in [0.05, 0.1) is 18.2 Å². The zero-order valence-corrected chi connectivity index (χ0v) is 18.6. The van der Waals surface area contributed by atoms with Crippen LogP contribution in [0, 0.1) is 0 Å². The summed E-state index contributed by atoms with van der Waals surface area (Å²) < 4.78 is 5.59. The average Bonchev–Trinajstić information content (AvgIpc) is 3.46. The van der Waals surface area contributed by atoms with E-state index in [1.54, 1.807) is 12.4 Å². The fraction of sp³-hybridized carbons (Fsp3) is 0.208. The predicted octanol–water partition coefficient (Wildman–Crippen LogP) is 4.65. The lowest BCUT2D eigenvalue weighted by Crippen LogP contribution is -2.27. The van der Waals surface area contributed by atoms with E-state index < -0.39 is 5.41 Å². The van der Waals surface area contributed by atoms with Gasteiger partial charge in [-0.15, -0.1) is 5.10 Å². The highest BCUT2D eigenvalue weighted by Gasteiger charge is 2.51. The van der Waals surface area contributed by atoms with Gasteiger partial charge in [-0.25, -0.2) is 5.10 Å². The van der Waals surface area contributed by atoms with Crippen LogP contribution in [0.5, 0.6) is 5.75 Å². The number of carbonyl (C=O) groups excluding carboxylic acids is 1. The number of pyridine rings is 1. The Kier molecular flexibility index (Phi) is 5.51. The minimum Gasteiger partial charge on any atom is -0.492 e. The van der Waals surface area contributed by atoms with E-state index in [1.165, 1.54) is 0 Å². The summed E-state index contributed by atoms with van der Waals surface area (Å²) in [4.78, 5) is 17.5. The van der Waals surface area contributed by atoms with Gasteiger partial charge in [0.1, 0.15) is 5.75 Å². The topological polar surface area (TPSA) is 106 Å². The van der Waals surface area contributed by atoms with Crippen molar-refractivity contribution in [2.24, 2.45) is 0 Å². The van der Waals surface area contributed by atoms with Crippen molar-refractivity contribution in [3.63, 3.8) is 0 Å². The van der Waals surface area contributed by atoms with E-state index in [9.17, 15) is 4.79 Å². The highest BCUT2D eigenvalue weighted by atomic mass is 35.5. The molecule has 2 aromatic carbocycles. The second-order valence-electron chi connectivity index (χ2n) is 7.90. The van der Waals surface area contributed by atoms with Crippen LogP contribution >= 0.6 is 11.6 Å². The van der Waals surface area contributed by atoms with Crippen LogP contribution in [0.1, 0.15) is 25.3 Å². The Labute approximate surface area is 195 Å². The number of benzene rings is 2. The first-order chi connectivity index (χ1) is 16.1. The summed E-state index contributed by atoms with van der Waals surface area (Å²) in [7, 11) is 0. The van der Waals surface area contributed by atoms with Crippen molar-refractivity contribution >= 4 is 23.2 Å². The molecule has 0 bridgehead atoms. The number of hydrogen-bond donors (Lipinski definition) is 2. The number of anilines is 1. The first kappa shape index (κ1) is 21.1. The van der Waals surface area contributed by atoms with E-state index in [2.05, 4.69) is 30.9 Å². The third-order valence-corrected chi connectivity index (χ3v) is 6.01. The number of rotatable bonds is 7. The molecule has 0 radical (unpaired) electrons. The van der Waals surface area contributed by atoms with Gasteiger partial charge in [-0.3, -0.25) is 9.78 Å². The molecule has 5 rings (SSSR count). The van der Waals surface area contributed by atoms with E-state index in [0.29, 0.717) is 28.9 Å². The van der Waals surface area contributed by atoms with Crippen molar-refractivity contribution < 1.29 is 9.53 Å². The summed E-state index contributed by atoms with van der Waals surface area (Å²) in [6.45, 7) is 2.47. The van der Waals surface area contributed by atoms with Gasteiger partial charge in [0.25, 0.3) is 0 Å². The average molecular weight is 461 g/mol. The number of nitrogens with one attached hydrogen (secondary N) is 2. The fourth-order valence-electron chi connectivity index (χ4n) is 3.96. The van der Waals surface area contributed by atoms with Gasteiger partial charge in [-0.2, -0.15) is 0 Å². The fourth-order valence-corrected chi connectivity index (χ4v) is 4.15. The Bertz CT molecular complexity index is 1300. The number of H-pyrrole nitrogens is 1. The van der Waals surface area contributed by atoms with Gasteiger partial charge < -0.3 is 10.1 Å². The van der Waals surface area contributed by atoms with Crippen LogP contribution in [-0.4, -0.2) is 38.1 Å². The number of nitrogens with zero attached hydrogens (tertiary/aromatic N) is 4. The number of ether oxygens (including phenoxy) is 1. The van der Waals surface area contributed by atoms with Gasteiger partial charge in [-0.1, -0.05) is 29.8 Å². The molecule has 0 spiro atoms. The molecule has 33 heavy (non-hydrogen) atoms. The molecule has 2 aromatic heterocycles. The molecule has 4 aromatic rings. The monoisotopic (exact) mass is 460 g/mol. The zero-order valence-electron chi connectivity index (χ0n) is 17.9. The molecule has 2 heterocycles.